The van der Waals surface area contributed by atoms with Gasteiger partial charge < -0.3 is 15.4 Å². The highest BCUT2D eigenvalue weighted by molar-refractivity contribution is 6.31. The Bertz CT molecular complexity index is 1620. The number of alkyl halides is 2. The van der Waals surface area contributed by atoms with Crippen molar-refractivity contribution in [3.8, 4) is 22.6 Å². The molecule has 1 unspecified atom stereocenters. The summed E-state index contributed by atoms with van der Waals surface area (Å²) in [6.07, 6.45) is 1.95. The molecule has 41 heavy (non-hydrogen) atoms. The first-order valence-electron chi connectivity index (χ1n) is 12.5. The molecular formula is C27H26ClF2N7O4. The number of nitrogens with zero attached hydrogens (tertiary/aromatic N) is 5. The molecule has 0 fully saturated rings. The Kier molecular flexibility index (Phi) is 9.07. The van der Waals surface area contributed by atoms with E-state index < -0.39 is 29.6 Å². The first-order chi connectivity index (χ1) is 19.7. The molecule has 0 aliphatic heterocycles. The molecule has 4 rings (SSSR count). The van der Waals surface area contributed by atoms with Gasteiger partial charge in [-0.15, -0.1) is 5.10 Å². The van der Waals surface area contributed by atoms with Crippen LogP contribution in [0.15, 0.2) is 59.8 Å². The summed E-state index contributed by atoms with van der Waals surface area (Å²) in [6.45, 7) is 1.88. The molecule has 0 aliphatic carbocycles. The molecule has 14 heteroatoms. The monoisotopic (exact) mass is 585 g/mol. The summed E-state index contributed by atoms with van der Waals surface area (Å²) in [5.74, 6) is -0.608. The van der Waals surface area contributed by atoms with E-state index in [1.54, 1.807) is 18.2 Å². The highest BCUT2D eigenvalue weighted by atomic mass is 35.5. The van der Waals surface area contributed by atoms with Crippen LogP contribution < -0.4 is 20.9 Å². The van der Waals surface area contributed by atoms with Crippen LogP contribution in [0.5, 0.6) is 5.75 Å². The van der Waals surface area contributed by atoms with Crippen LogP contribution in [0.2, 0.25) is 5.02 Å². The SMILES string of the molecule is CCCC(C(=O)Nc1ccc(C(=O)NC)nc1)n1cc(OC)c(-c2cc(Cl)ccc2-n2cc(C(F)F)nn2)cc1=O. The summed E-state index contributed by atoms with van der Waals surface area (Å²) >= 11 is 6.25. The Labute approximate surface area is 238 Å². The molecule has 0 saturated heterocycles. The molecule has 0 bridgehead atoms. The molecular weight excluding hydrogens is 560 g/mol. The van der Waals surface area contributed by atoms with Gasteiger partial charge in [-0.05, 0) is 36.8 Å². The number of rotatable bonds is 10. The highest BCUT2D eigenvalue weighted by Crippen LogP contribution is 2.36. The number of anilines is 1. The van der Waals surface area contributed by atoms with Gasteiger partial charge in [-0.2, -0.15) is 0 Å². The van der Waals surface area contributed by atoms with Crippen LogP contribution in [0.4, 0.5) is 14.5 Å². The molecule has 2 amide bonds. The Morgan fingerprint density at radius 2 is 1.90 bits per heavy atom. The molecule has 11 nitrogen and oxygen atoms in total. The number of ether oxygens (including phenoxy) is 1. The molecule has 3 heterocycles. The summed E-state index contributed by atoms with van der Waals surface area (Å²) in [6, 6.07) is 8.04. The first-order valence-corrected chi connectivity index (χ1v) is 12.8. The Morgan fingerprint density at radius 3 is 2.51 bits per heavy atom. The normalized spacial score (nSPS) is 11.8. The van der Waals surface area contributed by atoms with Gasteiger partial charge in [-0.3, -0.25) is 19.0 Å². The van der Waals surface area contributed by atoms with Crippen molar-refractivity contribution in [2.75, 3.05) is 19.5 Å². The Balaban J connectivity index is 1.72. The van der Waals surface area contributed by atoms with Gasteiger partial charge in [0.05, 0.1) is 37.1 Å². The summed E-state index contributed by atoms with van der Waals surface area (Å²) < 4.78 is 34.3. The van der Waals surface area contributed by atoms with Gasteiger partial charge in [0.2, 0.25) is 5.91 Å². The summed E-state index contributed by atoms with van der Waals surface area (Å²) in [5, 5.41) is 12.8. The second-order valence-corrected chi connectivity index (χ2v) is 9.29. The number of carbonyl (C=O) groups is 2. The van der Waals surface area contributed by atoms with Crippen LogP contribution in [0, 0.1) is 0 Å². The van der Waals surface area contributed by atoms with Crippen molar-refractivity contribution >= 4 is 29.1 Å². The zero-order valence-electron chi connectivity index (χ0n) is 22.3. The lowest BCUT2D eigenvalue weighted by Gasteiger charge is -2.21. The highest BCUT2D eigenvalue weighted by Gasteiger charge is 2.24. The van der Waals surface area contributed by atoms with Gasteiger partial charge in [0.15, 0.2) is 0 Å². The predicted octanol–water partition coefficient (Wildman–Crippen LogP) is 4.43. The van der Waals surface area contributed by atoms with Gasteiger partial charge >= 0.3 is 0 Å². The van der Waals surface area contributed by atoms with E-state index in [4.69, 9.17) is 16.3 Å². The van der Waals surface area contributed by atoms with Gasteiger partial charge in [-0.25, -0.2) is 18.4 Å². The zero-order valence-corrected chi connectivity index (χ0v) is 23.0. The average molecular weight is 586 g/mol. The van der Waals surface area contributed by atoms with Crippen LogP contribution in [-0.2, 0) is 4.79 Å². The molecule has 214 valence electrons. The van der Waals surface area contributed by atoms with Crippen molar-refractivity contribution in [3.63, 3.8) is 0 Å². The molecule has 0 saturated carbocycles. The van der Waals surface area contributed by atoms with Crippen molar-refractivity contribution < 1.29 is 23.1 Å². The maximum absolute atomic E-state index is 13.4. The Hall–Kier alpha value is -4.65. The largest absolute Gasteiger partial charge is 0.495 e. The molecule has 3 aromatic heterocycles. The maximum Gasteiger partial charge on any atom is 0.283 e. The molecule has 0 aliphatic rings. The first kappa shape index (κ1) is 29.3. The number of pyridine rings is 2. The molecule has 1 aromatic carbocycles. The van der Waals surface area contributed by atoms with Crippen LogP contribution in [0.3, 0.4) is 0 Å². The number of nitrogens with one attached hydrogen (secondary N) is 2. The lowest BCUT2D eigenvalue weighted by Crippen LogP contribution is -2.33. The average Bonchev–Trinajstić information content (AvgIpc) is 3.46. The number of hydrogen-bond acceptors (Lipinski definition) is 7. The van der Waals surface area contributed by atoms with E-state index >= 15 is 0 Å². The van der Waals surface area contributed by atoms with Crippen LogP contribution >= 0.6 is 11.6 Å². The maximum atomic E-state index is 13.4. The van der Waals surface area contributed by atoms with E-state index in [1.165, 1.54) is 49.3 Å². The third-order valence-electron chi connectivity index (χ3n) is 6.19. The minimum Gasteiger partial charge on any atom is -0.495 e. The number of carbonyl (C=O) groups excluding carboxylic acids is 2. The van der Waals surface area contributed by atoms with Gasteiger partial charge in [0.1, 0.15) is 23.2 Å². The third kappa shape index (κ3) is 6.40. The van der Waals surface area contributed by atoms with Crippen molar-refractivity contribution in [3.05, 3.63) is 81.8 Å². The van der Waals surface area contributed by atoms with Crippen molar-refractivity contribution in [2.45, 2.75) is 32.2 Å². The predicted molar refractivity (Wildman–Crippen MR) is 148 cm³/mol. The summed E-state index contributed by atoms with van der Waals surface area (Å²) in [4.78, 5) is 42.5. The smallest absolute Gasteiger partial charge is 0.283 e. The second-order valence-electron chi connectivity index (χ2n) is 8.86. The lowest BCUT2D eigenvalue weighted by atomic mass is 10.0. The minimum absolute atomic E-state index is 0.184. The van der Waals surface area contributed by atoms with E-state index in [9.17, 15) is 23.2 Å². The van der Waals surface area contributed by atoms with Gasteiger partial charge in [0, 0.05) is 29.3 Å². The van der Waals surface area contributed by atoms with Gasteiger partial charge in [0.25, 0.3) is 17.9 Å². The van der Waals surface area contributed by atoms with E-state index in [-0.39, 0.29) is 17.4 Å². The standard InChI is InChI=1S/C27H26ClF2N7O4/c1-4-5-22(27(40)33-16-7-8-19(32-12-16)26(39)31-2)36-14-23(41-3)18(11-24(36)38)17-10-15(28)6-9-21(17)37-13-20(25(29)30)34-35-37/h6-14,22,25H,4-5H2,1-3H3,(H,31,39)(H,33,40). The fourth-order valence-electron chi connectivity index (χ4n) is 4.19. The van der Waals surface area contributed by atoms with Crippen LogP contribution in [0.25, 0.3) is 16.8 Å². The number of hydrogen-bond donors (Lipinski definition) is 2. The number of benzene rings is 1. The molecule has 4 aromatic rings. The van der Waals surface area contributed by atoms with Crippen molar-refractivity contribution in [1.29, 1.82) is 0 Å². The number of halogens is 3. The summed E-state index contributed by atoms with van der Waals surface area (Å²) in [5.41, 5.74) is 0.525. The number of amides is 2. The number of aromatic nitrogens is 5. The molecule has 0 radical (unpaired) electrons. The van der Waals surface area contributed by atoms with Gasteiger partial charge in [-0.1, -0.05) is 30.2 Å². The van der Waals surface area contributed by atoms with Crippen LogP contribution in [-0.4, -0.2) is 50.5 Å². The lowest BCUT2D eigenvalue weighted by molar-refractivity contribution is -0.119. The van der Waals surface area contributed by atoms with Crippen molar-refractivity contribution in [2.24, 2.45) is 0 Å². The minimum atomic E-state index is -2.82. The van der Waals surface area contributed by atoms with Crippen LogP contribution in [0.1, 0.15) is 48.4 Å². The molecule has 0 spiro atoms. The molecule has 2 N–H and O–H groups in total. The fraction of sp³-hybridized carbons (Fsp3) is 0.259. The zero-order chi connectivity index (χ0) is 29.7. The van der Waals surface area contributed by atoms with Crippen molar-refractivity contribution in [1.82, 2.24) is 29.9 Å². The third-order valence-corrected chi connectivity index (χ3v) is 6.42. The van der Waals surface area contributed by atoms with E-state index in [0.717, 1.165) is 10.9 Å². The number of methoxy groups -OCH3 is 1. The quantitative estimate of drug-likeness (QED) is 0.281. The second kappa shape index (κ2) is 12.7. The van der Waals surface area contributed by atoms with E-state index in [0.29, 0.717) is 40.4 Å². The fourth-order valence-corrected chi connectivity index (χ4v) is 4.36. The summed E-state index contributed by atoms with van der Waals surface area (Å²) in [7, 11) is 2.88. The Morgan fingerprint density at radius 1 is 1.12 bits per heavy atom. The topological polar surface area (TPSA) is 133 Å². The molecule has 1 atom stereocenters. The van der Waals surface area contributed by atoms with E-state index in [1.807, 2.05) is 6.92 Å². The van der Waals surface area contributed by atoms with E-state index in [2.05, 4.69) is 25.9 Å².